The second-order valence-corrected chi connectivity index (χ2v) is 9.28. The highest BCUT2D eigenvalue weighted by atomic mass is 32.2. The van der Waals surface area contributed by atoms with E-state index in [0.29, 0.717) is 0 Å². The fraction of sp³-hybridized carbons (Fsp3) is 0.294. The van der Waals surface area contributed by atoms with Crippen LogP contribution in [0.2, 0.25) is 0 Å². The number of sulfone groups is 1. The molecule has 0 N–H and O–H groups in total. The average molecular weight is 368 g/mol. The summed E-state index contributed by atoms with van der Waals surface area (Å²) in [5, 5.41) is 0. The van der Waals surface area contributed by atoms with Crippen molar-refractivity contribution < 1.29 is 21.0 Å². The maximum absolute atomic E-state index is 12.2. The van der Waals surface area contributed by atoms with Gasteiger partial charge in [0.05, 0.1) is 21.6 Å². The first kappa shape index (κ1) is 18.6. The monoisotopic (exact) mass is 368 g/mol. The molecule has 24 heavy (non-hydrogen) atoms. The summed E-state index contributed by atoms with van der Waals surface area (Å²) in [4.78, 5) is 0.282. The third-order valence-corrected chi connectivity index (χ3v) is 6.69. The Hall–Kier alpha value is -1.70. The van der Waals surface area contributed by atoms with Gasteiger partial charge in [-0.15, -0.1) is 0 Å². The van der Waals surface area contributed by atoms with E-state index in [-0.39, 0.29) is 22.0 Å². The van der Waals surface area contributed by atoms with Crippen molar-refractivity contribution in [3.8, 4) is 0 Å². The topological polar surface area (TPSA) is 77.5 Å². The van der Waals surface area contributed by atoms with Crippen LogP contribution in [0.1, 0.15) is 18.9 Å². The Labute approximate surface area is 143 Å². The molecule has 0 saturated heterocycles. The Bertz CT molecular complexity index is 870. The summed E-state index contributed by atoms with van der Waals surface area (Å²) in [5.41, 5.74) is 0.941. The van der Waals surface area contributed by atoms with Gasteiger partial charge >= 0.3 is 0 Å². The summed E-state index contributed by atoms with van der Waals surface area (Å²) in [7, 11) is -7.36. The zero-order valence-electron chi connectivity index (χ0n) is 13.5. The Morgan fingerprint density at radius 3 is 2.04 bits per heavy atom. The quantitative estimate of drug-likeness (QED) is 0.702. The van der Waals surface area contributed by atoms with E-state index in [4.69, 9.17) is 4.18 Å². The lowest BCUT2D eigenvalue weighted by Crippen LogP contribution is -2.19. The number of hydrogen-bond acceptors (Lipinski definition) is 5. The summed E-state index contributed by atoms with van der Waals surface area (Å²) >= 11 is 0. The van der Waals surface area contributed by atoms with E-state index in [1.165, 1.54) is 24.3 Å². The van der Waals surface area contributed by atoms with Gasteiger partial charge in [0.15, 0.2) is 9.84 Å². The lowest BCUT2D eigenvalue weighted by Gasteiger charge is -2.13. The average Bonchev–Trinajstić information content (AvgIpc) is 2.54. The predicted octanol–water partition coefficient (Wildman–Crippen LogP) is 2.95. The largest absolute Gasteiger partial charge is 0.297 e. The van der Waals surface area contributed by atoms with Crippen LogP contribution in [-0.2, 0) is 24.1 Å². The van der Waals surface area contributed by atoms with E-state index < -0.39 is 26.1 Å². The summed E-state index contributed by atoms with van der Waals surface area (Å²) in [6.45, 7) is 3.40. The van der Waals surface area contributed by atoms with Gasteiger partial charge in [0, 0.05) is 0 Å². The zero-order valence-corrected chi connectivity index (χ0v) is 15.2. The standard InChI is InChI=1S/C17H20O5S2/c1-14-8-10-17(11-9-14)24(20,21)22-15(2)12-13-23(18,19)16-6-4-3-5-7-16/h3-11,15H,12-13H2,1-2H3/t15-/m1/s1. The second kappa shape index (κ2) is 7.46. The first-order chi connectivity index (χ1) is 11.2. The van der Waals surface area contributed by atoms with Crippen LogP contribution in [0.3, 0.4) is 0 Å². The van der Waals surface area contributed by atoms with Gasteiger partial charge < -0.3 is 0 Å². The van der Waals surface area contributed by atoms with Gasteiger partial charge in [-0.3, -0.25) is 4.18 Å². The summed E-state index contributed by atoms with van der Waals surface area (Å²) in [5.74, 6) is -0.179. The molecule has 0 fully saturated rings. The van der Waals surface area contributed by atoms with Crippen LogP contribution in [0.25, 0.3) is 0 Å². The van der Waals surface area contributed by atoms with Crippen molar-refractivity contribution in [3.05, 3.63) is 60.2 Å². The fourth-order valence-corrected chi connectivity index (χ4v) is 4.65. The smallest absolute Gasteiger partial charge is 0.263 e. The molecule has 0 aromatic heterocycles. The Morgan fingerprint density at radius 2 is 1.46 bits per heavy atom. The third kappa shape index (κ3) is 4.90. The van der Waals surface area contributed by atoms with Gasteiger partial charge in [-0.25, -0.2) is 8.42 Å². The molecule has 0 radical (unpaired) electrons. The molecule has 1 atom stereocenters. The number of hydrogen-bond donors (Lipinski definition) is 0. The molecule has 7 heteroatoms. The van der Waals surface area contributed by atoms with E-state index >= 15 is 0 Å². The highest BCUT2D eigenvalue weighted by Crippen LogP contribution is 2.18. The number of rotatable bonds is 7. The van der Waals surface area contributed by atoms with Crippen molar-refractivity contribution in [3.63, 3.8) is 0 Å². The minimum absolute atomic E-state index is 0.0610. The fourth-order valence-electron chi connectivity index (χ4n) is 2.09. The van der Waals surface area contributed by atoms with Crippen molar-refractivity contribution in [2.24, 2.45) is 0 Å². The van der Waals surface area contributed by atoms with Crippen molar-refractivity contribution in [2.75, 3.05) is 5.75 Å². The van der Waals surface area contributed by atoms with E-state index in [2.05, 4.69) is 0 Å². The molecule has 2 aromatic carbocycles. The van der Waals surface area contributed by atoms with Gasteiger partial charge in [-0.1, -0.05) is 35.9 Å². The second-order valence-electron chi connectivity index (χ2n) is 5.59. The summed E-state index contributed by atoms with van der Waals surface area (Å²) in [6.07, 6.45) is -0.655. The summed E-state index contributed by atoms with van der Waals surface area (Å²) < 4.78 is 53.9. The molecule has 0 aliphatic carbocycles. The van der Waals surface area contributed by atoms with Crippen molar-refractivity contribution in [2.45, 2.75) is 36.2 Å². The molecule has 0 bridgehead atoms. The van der Waals surface area contributed by atoms with Gasteiger partial charge in [-0.05, 0) is 44.5 Å². The van der Waals surface area contributed by atoms with Crippen LogP contribution < -0.4 is 0 Å². The summed E-state index contributed by atoms with van der Waals surface area (Å²) in [6, 6.07) is 14.4. The lowest BCUT2D eigenvalue weighted by molar-refractivity contribution is 0.225. The molecule has 0 spiro atoms. The molecule has 130 valence electrons. The molecule has 0 amide bonds. The van der Waals surface area contributed by atoms with Gasteiger partial charge in [0.25, 0.3) is 10.1 Å². The minimum atomic E-state index is -3.90. The highest BCUT2D eigenvalue weighted by Gasteiger charge is 2.21. The Morgan fingerprint density at radius 1 is 0.875 bits per heavy atom. The first-order valence-electron chi connectivity index (χ1n) is 7.48. The predicted molar refractivity (Wildman–Crippen MR) is 92.0 cm³/mol. The lowest BCUT2D eigenvalue weighted by atomic mass is 10.2. The minimum Gasteiger partial charge on any atom is -0.263 e. The highest BCUT2D eigenvalue weighted by molar-refractivity contribution is 7.91. The molecule has 0 unspecified atom stereocenters. The van der Waals surface area contributed by atoms with Gasteiger partial charge in [0.2, 0.25) is 0 Å². The van der Waals surface area contributed by atoms with Gasteiger partial charge in [-0.2, -0.15) is 8.42 Å². The Balaban J connectivity index is 2.00. The SMILES string of the molecule is Cc1ccc(S(=O)(=O)O[C@H](C)CCS(=O)(=O)c2ccccc2)cc1. The van der Waals surface area contributed by atoms with E-state index in [9.17, 15) is 16.8 Å². The number of benzene rings is 2. The molecular weight excluding hydrogens is 348 g/mol. The molecule has 0 saturated carbocycles. The molecule has 5 nitrogen and oxygen atoms in total. The van der Waals surface area contributed by atoms with E-state index in [0.717, 1.165) is 5.56 Å². The molecular formula is C17H20O5S2. The zero-order chi connectivity index (χ0) is 17.8. The number of aryl methyl sites for hydroxylation is 1. The molecule has 2 aromatic rings. The third-order valence-electron chi connectivity index (χ3n) is 3.50. The van der Waals surface area contributed by atoms with Gasteiger partial charge in [0.1, 0.15) is 0 Å². The van der Waals surface area contributed by atoms with Crippen molar-refractivity contribution in [1.82, 2.24) is 0 Å². The molecule has 0 heterocycles. The Kier molecular flexibility index (Phi) is 5.79. The molecule has 2 rings (SSSR count). The maximum atomic E-state index is 12.2. The normalized spacial score (nSPS) is 13.6. The van der Waals surface area contributed by atoms with Crippen LogP contribution in [0, 0.1) is 6.92 Å². The van der Waals surface area contributed by atoms with E-state index in [1.54, 1.807) is 37.3 Å². The van der Waals surface area contributed by atoms with Crippen molar-refractivity contribution >= 4 is 20.0 Å². The maximum Gasteiger partial charge on any atom is 0.297 e. The van der Waals surface area contributed by atoms with Crippen LogP contribution >= 0.6 is 0 Å². The van der Waals surface area contributed by atoms with Crippen LogP contribution in [0.5, 0.6) is 0 Å². The van der Waals surface area contributed by atoms with Crippen LogP contribution in [-0.4, -0.2) is 28.7 Å². The molecule has 0 aliphatic heterocycles. The van der Waals surface area contributed by atoms with Crippen molar-refractivity contribution in [1.29, 1.82) is 0 Å². The van der Waals surface area contributed by atoms with Crippen LogP contribution in [0.15, 0.2) is 64.4 Å². The van der Waals surface area contributed by atoms with Crippen LogP contribution in [0.4, 0.5) is 0 Å². The van der Waals surface area contributed by atoms with E-state index in [1.807, 2.05) is 6.92 Å². The molecule has 0 aliphatic rings. The first-order valence-corrected chi connectivity index (χ1v) is 10.5.